The molecule has 1 amide bonds. The molecule has 3 rings (SSSR count). The van der Waals surface area contributed by atoms with Crippen LogP contribution in [0.25, 0.3) is 10.6 Å². The van der Waals surface area contributed by atoms with E-state index in [0.717, 1.165) is 56.2 Å². The molecule has 2 heterocycles. The van der Waals surface area contributed by atoms with Crippen molar-refractivity contribution in [2.75, 3.05) is 25.5 Å². The van der Waals surface area contributed by atoms with Gasteiger partial charge >= 0.3 is 12.1 Å². The Hall–Kier alpha value is -3.12. The van der Waals surface area contributed by atoms with E-state index in [1.165, 1.54) is 11.3 Å². The van der Waals surface area contributed by atoms with Crippen molar-refractivity contribution in [2.45, 2.75) is 63.9 Å². The number of nitrogens with one attached hydrogen (secondary N) is 1. The Balaban J connectivity index is 1.83. The molecule has 9 heteroatoms. The first-order valence-electron chi connectivity index (χ1n) is 11.8. The number of rotatable bonds is 10. The van der Waals surface area contributed by atoms with E-state index in [2.05, 4.69) is 16.4 Å². The Kier molecular flexibility index (Phi) is 9.71. The fourth-order valence-electron chi connectivity index (χ4n) is 3.93. The summed E-state index contributed by atoms with van der Waals surface area (Å²) in [4.78, 5) is 33.1. The smallest absolute Gasteiger partial charge is 0.412 e. The van der Waals surface area contributed by atoms with Gasteiger partial charge in [-0.25, -0.2) is 9.59 Å². The number of aromatic nitrogens is 1. The van der Waals surface area contributed by atoms with Gasteiger partial charge in [0.1, 0.15) is 11.8 Å². The minimum absolute atomic E-state index is 0.112. The highest BCUT2D eigenvalue weighted by atomic mass is 32.1. The summed E-state index contributed by atoms with van der Waals surface area (Å²) in [7, 11) is 3.68. The van der Waals surface area contributed by atoms with Crippen molar-refractivity contribution in [2.24, 2.45) is 0 Å². The first kappa shape index (κ1) is 25.5. The van der Waals surface area contributed by atoms with E-state index in [9.17, 15) is 9.59 Å². The molecule has 0 unspecified atom stereocenters. The number of hydrogen-bond acceptors (Lipinski definition) is 8. The van der Waals surface area contributed by atoms with Gasteiger partial charge in [0.15, 0.2) is 10.6 Å². The second-order valence-electron chi connectivity index (χ2n) is 8.50. The third-order valence-corrected chi connectivity index (χ3v) is 6.79. The molecule has 1 fully saturated rings. The molecule has 0 radical (unpaired) electrons. The van der Waals surface area contributed by atoms with E-state index >= 15 is 0 Å². The van der Waals surface area contributed by atoms with E-state index in [4.69, 9.17) is 14.7 Å². The van der Waals surface area contributed by atoms with Crippen molar-refractivity contribution in [3.05, 3.63) is 29.3 Å². The molecule has 34 heavy (non-hydrogen) atoms. The van der Waals surface area contributed by atoms with Crippen molar-refractivity contribution in [3.63, 3.8) is 0 Å². The van der Waals surface area contributed by atoms with E-state index in [1.807, 2.05) is 37.2 Å². The van der Waals surface area contributed by atoms with Crippen LogP contribution in [0.2, 0.25) is 0 Å². The Morgan fingerprint density at radius 2 is 2.00 bits per heavy atom. The predicted molar refractivity (Wildman–Crippen MR) is 132 cm³/mol. The molecule has 0 aromatic carbocycles. The van der Waals surface area contributed by atoms with Crippen LogP contribution in [0.15, 0.2) is 24.4 Å². The second-order valence-corrected chi connectivity index (χ2v) is 9.52. The van der Waals surface area contributed by atoms with E-state index in [-0.39, 0.29) is 16.7 Å². The average Bonchev–Trinajstić information content (AvgIpc) is 3.22. The summed E-state index contributed by atoms with van der Waals surface area (Å²) in [6, 6.07) is 7.68. The van der Waals surface area contributed by atoms with Crippen molar-refractivity contribution < 1.29 is 19.1 Å². The molecule has 2 aromatic rings. The number of unbranched alkanes of at least 4 members (excludes halogenated alkanes) is 3. The molecule has 1 aliphatic rings. The maximum Gasteiger partial charge on any atom is 0.412 e. The van der Waals surface area contributed by atoms with Crippen LogP contribution in [0.5, 0.6) is 5.75 Å². The van der Waals surface area contributed by atoms with Gasteiger partial charge < -0.3 is 19.7 Å². The normalized spacial score (nSPS) is 13.7. The molecule has 0 atom stereocenters. The molecular formula is C25H32N4O4S. The highest BCUT2D eigenvalue weighted by molar-refractivity contribution is 7.18. The first-order chi connectivity index (χ1) is 16.5. The number of ether oxygens (including phenoxy) is 2. The standard InChI is InChI=1S/C25H32N4O4S/c1-29(2)20-21(33-25(31)28-17-10-4-3-9-15-26)23(24(30)32-18-12-6-5-7-13-18)34-22(20)19-14-8-11-16-27-19/h8,11,14,16,18H,3-7,9-10,12-13,17H2,1-2H3,(H,28,31). The lowest BCUT2D eigenvalue weighted by atomic mass is 9.98. The third kappa shape index (κ3) is 6.94. The number of carbonyl (C=O) groups is 2. The number of carbonyl (C=O) groups excluding carboxylic acids is 2. The van der Waals surface area contributed by atoms with Crippen LogP contribution in [-0.2, 0) is 4.74 Å². The van der Waals surface area contributed by atoms with Crippen LogP contribution in [0.3, 0.4) is 0 Å². The summed E-state index contributed by atoms with van der Waals surface area (Å²) in [5.41, 5.74) is 1.30. The number of nitriles is 1. The number of hydrogen-bond donors (Lipinski definition) is 1. The highest BCUT2D eigenvalue weighted by Crippen LogP contribution is 2.47. The highest BCUT2D eigenvalue weighted by Gasteiger charge is 2.31. The number of amides is 1. The zero-order valence-corrected chi connectivity index (χ0v) is 20.7. The summed E-state index contributed by atoms with van der Waals surface area (Å²) in [5.74, 6) is -0.278. The number of thiophene rings is 1. The lowest BCUT2D eigenvalue weighted by molar-refractivity contribution is 0.0214. The topological polar surface area (TPSA) is 105 Å². The van der Waals surface area contributed by atoms with Crippen molar-refractivity contribution in [3.8, 4) is 22.4 Å². The molecule has 0 bridgehead atoms. The van der Waals surface area contributed by atoms with E-state index in [1.54, 1.807) is 6.20 Å². The van der Waals surface area contributed by atoms with Crippen molar-refractivity contribution >= 4 is 29.1 Å². The van der Waals surface area contributed by atoms with E-state index in [0.29, 0.717) is 24.3 Å². The molecule has 1 N–H and O–H groups in total. The fourth-order valence-corrected chi connectivity index (χ4v) is 5.09. The SMILES string of the molecule is CN(C)c1c(-c2ccccn2)sc(C(=O)OC2CCCCC2)c1OC(=O)NCCCCCC#N. The van der Waals surface area contributed by atoms with Gasteiger partial charge in [-0.15, -0.1) is 11.3 Å². The third-order valence-electron chi connectivity index (χ3n) is 5.63. The molecule has 0 spiro atoms. The predicted octanol–water partition coefficient (Wildman–Crippen LogP) is 5.54. The number of esters is 1. The monoisotopic (exact) mass is 484 g/mol. The van der Waals surface area contributed by atoms with E-state index < -0.39 is 12.1 Å². The minimum Gasteiger partial charge on any atom is -0.458 e. The summed E-state index contributed by atoms with van der Waals surface area (Å²) in [6.45, 7) is 0.431. The molecule has 1 saturated carbocycles. The molecule has 182 valence electrons. The molecular weight excluding hydrogens is 452 g/mol. The molecule has 1 aliphatic carbocycles. The zero-order chi connectivity index (χ0) is 24.3. The second kappa shape index (κ2) is 12.9. The van der Waals surface area contributed by atoms with Crippen LogP contribution in [0.1, 0.15) is 67.5 Å². The lowest BCUT2D eigenvalue weighted by Gasteiger charge is -2.22. The van der Waals surface area contributed by atoms with Gasteiger partial charge in [0.05, 0.1) is 16.6 Å². The van der Waals surface area contributed by atoms with Gasteiger partial charge in [0, 0.05) is 33.3 Å². The van der Waals surface area contributed by atoms with Gasteiger partial charge in [-0.3, -0.25) is 4.98 Å². The number of pyridine rings is 1. The van der Waals surface area contributed by atoms with Crippen molar-refractivity contribution in [1.82, 2.24) is 10.3 Å². The maximum absolute atomic E-state index is 13.2. The van der Waals surface area contributed by atoms with Crippen molar-refractivity contribution in [1.29, 1.82) is 5.26 Å². The summed E-state index contributed by atoms with van der Waals surface area (Å²) in [6.07, 6.45) is 8.81. The summed E-state index contributed by atoms with van der Waals surface area (Å²) in [5, 5.41) is 11.4. The minimum atomic E-state index is -0.625. The van der Waals surface area contributed by atoms with Crippen LogP contribution in [0.4, 0.5) is 10.5 Å². The average molecular weight is 485 g/mol. The van der Waals surface area contributed by atoms with Crippen LogP contribution < -0.4 is 15.0 Å². The summed E-state index contributed by atoms with van der Waals surface area (Å²) < 4.78 is 11.5. The van der Waals surface area contributed by atoms with Gasteiger partial charge in [0.25, 0.3) is 0 Å². The maximum atomic E-state index is 13.2. The van der Waals surface area contributed by atoms with Gasteiger partial charge in [-0.05, 0) is 50.7 Å². The van der Waals surface area contributed by atoms with Gasteiger partial charge in [-0.1, -0.05) is 18.9 Å². The van der Waals surface area contributed by atoms with Crippen LogP contribution in [-0.4, -0.2) is 43.8 Å². The molecule has 8 nitrogen and oxygen atoms in total. The van der Waals surface area contributed by atoms with Crippen LogP contribution in [0, 0.1) is 11.3 Å². The molecule has 0 aliphatic heterocycles. The molecule has 2 aromatic heterocycles. The Morgan fingerprint density at radius 1 is 1.21 bits per heavy atom. The number of nitrogens with zero attached hydrogens (tertiary/aromatic N) is 3. The Bertz CT molecular complexity index is 994. The van der Waals surface area contributed by atoms with Crippen LogP contribution >= 0.6 is 11.3 Å². The molecule has 0 saturated heterocycles. The largest absolute Gasteiger partial charge is 0.458 e. The Morgan fingerprint density at radius 3 is 2.68 bits per heavy atom. The van der Waals surface area contributed by atoms with Gasteiger partial charge in [-0.2, -0.15) is 5.26 Å². The fraction of sp³-hybridized carbons (Fsp3) is 0.520. The number of anilines is 1. The first-order valence-corrected chi connectivity index (χ1v) is 12.6. The quantitative estimate of drug-likeness (QED) is 0.349. The zero-order valence-electron chi connectivity index (χ0n) is 19.8. The Labute approximate surface area is 204 Å². The summed E-state index contributed by atoms with van der Waals surface area (Å²) >= 11 is 1.23. The van der Waals surface area contributed by atoms with Gasteiger partial charge in [0.2, 0.25) is 0 Å². The lowest BCUT2D eigenvalue weighted by Crippen LogP contribution is -2.29.